The average Bonchev–Trinajstić information content (AvgIpc) is 2.96. The zero-order chi connectivity index (χ0) is 16.4. The van der Waals surface area contributed by atoms with Crippen LogP contribution in [0, 0.1) is 32.1 Å². The lowest BCUT2D eigenvalue weighted by Crippen LogP contribution is -2.46. The fraction of sp³-hybridized carbons (Fsp3) is 0.500. The molecule has 0 amide bonds. The normalized spacial score (nSPS) is 15.7. The average molecular weight is 312 g/mol. The summed E-state index contributed by atoms with van der Waals surface area (Å²) in [7, 11) is 0. The standard InChI is InChI=1S/C16H20N6O/c1-11-8-14(20-23-11)10-21-4-6-22(7-5-21)16-15(9-17)12(2)13(3)18-19-16/h8H,4-7,10H2,1-3H3. The van der Waals surface area contributed by atoms with Crippen molar-refractivity contribution in [3.05, 3.63) is 34.3 Å². The van der Waals surface area contributed by atoms with E-state index in [1.807, 2.05) is 26.8 Å². The second-order valence-corrected chi connectivity index (χ2v) is 5.91. The summed E-state index contributed by atoms with van der Waals surface area (Å²) < 4.78 is 5.11. The van der Waals surface area contributed by atoms with Crippen molar-refractivity contribution in [1.82, 2.24) is 20.3 Å². The van der Waals surface area contributed by atoms with Crippen LogP contribution in [0.25, 0.3) is 0 Å². The summed E-state index contributed by atoms with van der Waals surface area (Å²) in [5.41, 5.74) is 3.32. The first-order valence-corrected chi connectivity index (χ1v) is 7.72. The van der Waals surface area contributed by atoms with Crippen molar-refractivity contribution in [1.29, 1.82) is 5.26 Å². The van der Waals surface area contributed by atoms with Crippen molar-refractivity contribution >= 4 is 5.82 Å². The van der Waals surface area contributed by atoms with Gasteiger partial charge in [-0.3, -0.25) is 4.90 Å². The van der Waals surface area contributed by atoms with E-state index in [2.05, 4.69) is 31.2 Å². The van der Waals surface area contributed by atoms with Crippen LogP contribution < -0.4 is 4.90 Å². The molecule has 3 heterocycles. The van der Waals surface area contributed by atoms with Crippen molar-refractivity contribution < 1.29 is 4.52 Å². The Morgan fingerprint density at radius 2 is 1.91 bits per heavy atom. The lowest BCUT2D eigenvalue weighted by molar-refractivity contribution is 0.241. The third-order valence-electron chi connectivity index (χ3n) is 4.28. The first-order valence-electron chi connectivity index (χ1n) is 7.72. The number of rotatable bonds is 3. The summed E-state index contributed by atoms with van der Waals surface area (Å²) in [5.74, 6) is 1.54. The molecule has 2 aromatic heterocycles. The van der Waals surface area contributed by atoms with Crippen LogP contribution in [0.2, 0.25) is 0 Å². The fourth-order valence-electron chi connectivity index (χ4n) is 2.79. The third kappa shape index (κ3) is 3.17. The smallest absolute Gasteiger partial charge is 0.169 e. The van der Waals surface area contributed by atoms with Gasteiger partial charge in [0.1, 0.15) is 17.4 Å². The van der Waals surface area contributed by atoms with E-state index in [4.69, 9.17) is 4.52 Å². The van der Waals surface area contributed by atoms with Gasteiger partial charge in [-0.05, 0) is 26.3 Å². The minimum Gasteiger partial charge on any atom is -0.361 e. The summed E-state index contributed by atoms with van der Waals surface area (Å²) in [6, 6.07) is 4.24. The number of hydrogen-bond donors (Lipinski definition) is 0. The van der Waals surface area contributed by atoms with Crippen molar-refractivity contribution in [2.75, 3.05) is 31.1 Å². The van der Waals surface area contributed by atoms with Gasteiger partial charge in [0.05, 0.1) is 11.4 Å². The quantitative estimate of drug-likeness (QED) is 0.851. The van der Waals surface area contributed by atoms with Gasteiger partial charge in [0.15, 0.2) is 5.82 Å². The number of aryl methyl sites for hydroxylation is 2. The second kappa shape index (κ2) is 6.34. The lowest BCUT2D eigenvalue weighted by atomic mass is 10.1. The van der Waals surface area contributed by atoms with Gasteiger partial charge in [-0.2, -0.15) is 10.4 Å². The zero-order valence-electron chi connectivity index (χ0n) is 13.7. The summed E-state index contributed by atoms with van der Waals surface area (Å²) in [5, 5.41) is 21.9. The monoisotopic (exact) mass is 312 g/mol. The molecule has 1 saturated heterocycles. The van der Waals surface area contributed by atoms with Crippen LogP contribution in [0.5, 0.6) is 0 Å². The highest BCUT2D eigenvalue weighted by molar-refractivity contribution is 5.57. The highest BCUT2D eigenvalue weighted by atomic mass is 16.5. The number of aromatic nitrogens is 3. The molecule has 0 N–H and O–H groups in total. The minimum absolute atomic E-state index is 0.637. The molecular formula is C16H20N6O. The second-order valence-electron chi connectivity index (χ2n) is 5.91. The van der Waals surface area contributed by atoms with Crippen LogP contribution in [-0.4, -0.2) is 46.4 Å². The van der Waals surface area contributed by atoms with E-state index in [9.17, 15) is 5.26 Å². The first kappa shape index (κ1) is 15.4. The SMILES string of the molecule is Cc1cc(CN2CCN(c3nnc(C)c(C)c3C#N)CC2)no1. The first-order chi connectivity index (χ1) is 11.1. The largest absolute Gasteiger partial charge is 0.361 e. The molecule has 0 atom stereocenters. The molecular weight excluding hydrogens is 292 g/mol. The van der Waals surface area contributed by atoms with E-state index in [1.165, 1.54) is 0 Å². The van der Waals surface area contributed by atoms with Gasteiger partial charge in [0.2, 0.25) is 0 Å². The maximum Gasteiger partial charge on any atom is 0.169 e. The fourth-order valence-corrected chi connectivity index (χ4v) is 2.79. The van der Waals surface area contributed by atoms with Crippen LogP contribution in [-0.2, 0) is 6.54 Å². The van der Waals surface area contributed by atoms with E-state index < -0.39 is 0 Å². The molecule has 120 valence electrons. The highest BCUT2D eigenvalue weighted by Gasteiger charge is 2.23. The maximum atomic E-state index is 9.43. The van der Waals surface area contributed by atoms with Crippen LogP contribution in [0.15, 0.2) is 10.6 Å². The van der Waals surface area contributed by atoms with E-state index >= 15 is 0 Å². The summed E-state index contributed by atoms with van der Waals surface area (Å²) >= 11 is 0. The molecule has 3 rings (SSSR count). The van der Waals surface area contributed by atoms with Crippen LogP contribution in [0.3, 0.4) is 0 Å². The molecule has 7 nitrogen and oxygen atoms in total. The van der Waals surface area contributed by atoms with Crippen LogP contribution >= 0.6 is 0 Å². The minimum atomic E-state index is 0.637. The molecule has 0 radical (unpaired) electrons. The van der Waals surface area contributed by atoms with Gasteiger partial charge >= 0.3 is 0 Å². The number of nitriles is 1. The highest BCUT2D eigenvalue weighted by Crippen LogP contribution is 2.22. The zero-order valence-corrected chi connectivity index (χ0v) is 13.7. The van der Waals surface area contributed by atoms with Gasteiger partial charge < -0.3 is 9.42 Å². The maximum absolute atomic E-state index is 9.43. The van der Waals surface area contributed by atoms with Gasteiger partial charge in [-0.1, -0.05) is 5.16 Å². The van der Waals surface area contributed by atoms with Crippen LogP contribution in [0.4, 0.5) is 5.82 Å². The van der Waals surface area contributed by atoms with Crippen molar-refractivity contribution in [3.8, 4) is 6.07 Å². The summed E-state index contributed by atoms with van der Waals surface area (Å²) in [6.07, 6.45) is 0. The molecule has 0 spiro atoms. The number of piperazine rings is 1. The predicted octanol–water partition coefficient (Wildman–Crippen LogP) is 1.58. The summed E-state index contributed by atoms with van der Waals surface area (Å²) in [4.78, 5) is 4.47. The Morgan fingerprint density at radius 1 is 1.17 bits per heavy atom. The van der Waals surface area contributed by atoms with E-state index in [0.29, 0.717) is 11.4 Å². The van der Waals surface area contributed by atoms with E-state index in [1.54, 1.807) is 0 Å². The Kier molecular flexibility index (Phi) is 4.26. The molecule has 2 aromatic rings. The number of anilines is 1. The van der Waals surface area contributed by atoms with Crippen molar-refractivity contribution in [2.45, 2.75) is 27.3 Å². The Labute approximate surface area is 135 Å². The topological polar surface area (TPSA) is 82.1 Å². The Hall–Kier alpha value is -2.46. The molecule has 7 heteroatoms. The van der Waals surface area contributed by atoms with Crippen molar-refractivity contribution in [2.24, 2.45) is 0 Å². The van der Waals surface area contributed by atoms with Crippen LogP contribution in [0.1, 0.15) is 28.3 Å². The molecule has 0 bridgehead atoms. The molecule has 0 aromatic carbocycles. The Bertz CT molecular complexity index is 740. The predicted molar refractivity (Wildman–Crippen MR) is 85.0 cm³/mol. The third-order valence-corrected chi connectivity index (χ3v) is 4.28. The molecule has 1 aliphatic heterocycles. The Balaban J connectivity index is 1.67. The van der Waals surface area contributed by atoms with Gasteiger partial charge in [0.25, 0.3) is 0 Å². The van der Waals surface area contributed by atoms with Gasteiger partial charge in [0, 0.05) is 38.8 Å². The van der Waals surface area contributed by atoms with E-state index in [-0.39, 0.29) is 0 Å². The molecule has 1 fully saturated rings. The van der Waals surface area contributed by atoms with Gasteiger partial charge in [-0.15, -0.1) is 5.10 Å². The summed E-state index contributed by atoms with van der Waals surface area (Å²) in [6.45, 7) is 9.92. The van der Waals surface area contributed by atoms with Gasteiger partial charge in [-0.25, -0.2) is 0 Å². The number of hydrogen-bond acceptors (Lipinski definition) is 7. The molecule has 0 saturated carbocycles. The molecule has 0 unspecified atom stereocenters. The molecule has 1 aliphatic rings. The van der Waals surface area contributed by atoms with Crippen molar-refractivity contribution in [3.63, 3.8) is 0 Å². The lowest BCUT2D eigenvalue weighted by Gasteiger charge is -2.35. The molecule has 0 aliphatic carbocycles. The van der Waals surface area contributed by atoms with E-state index in [0.717, 1.165) is 55.4 Å². The molecule has 23 heavy (non-hydrogen) atoms. The number of nitrogens with zero attached hydrogens (tertiary/aromatic N) is 6. The Morgan fingerprint density at radius 3 is 2.52 bits per heavy atom.